The summed E-state index contributed by atoms with van der Waals surface area (Å²) in [4.78, 5) is 8.34. The minimum absolute atomic E-state index is 0.619. The molecule has 92 valence electrons. The van der Waals surface area contributed by atoms with Crippen LogP contribution in [0.15, 0.2) is 31.1 Å². The fourth-order valence-electron chi connectivity index (χ4n) is 1.59. The second kappa shape index (κ2) is 5.52. The van der Waals surface area contributed by atoms with Gasteiger partial charge in [0.1, 0.15) is 0 Å². The molecule has 0 unspecified atom stereocenters. The van der Waals surface area contributed by atoms with Crippen molar-refractivity contribution in [3.8, 4) is 0 Å². The van der Waals surface area contributed by atoms with Crippen LogP contribution in [0.1, 0.15) is 13.8 Å². The monoisotopic (exact) mass is 233 g/mol. The minimum atomic E-state index is 0.619. The summed E-state index contributed by atoms with van der Waals surface area (Å²) in [5, 5.41) is 3.35. The van der Waals surface area contributed by atoms with E-state index in [1.807, 2.05) is 24.9 Å². The molecule has 2 aromatic rings. The number of aromatic nitrogens is 4. The molecule has 0 aliphatic carbocycles. The lowest BCUT2D eigenvalue weighted by atomic mass is 10.2. The zero-order chi connectivity index (χ0) is 12.1. The molecule has 0 amide bonds. The Labute approximate surface area is 102 Å². The molecule has 0 aliphatic rings. The van der Waals surface area contributed by atoms with Crippen LogP contribution in [-0.4, -0.2) is 25.6 Å². The van der Waals surface area contributed by atoms with Gasteiger partial charge in [-0.1, -0.05) is 13.8 Å². The van der Waals surface area contributed by atoms with E-state index < -0.39 is 0 Å². The Morgan fingerprint density at radius 2 is 2.12 bits per heavy atom. The predicted molar refractivity (Wildman–Crippen MR) is 67.8 cm³/mol. The van der Waals surface area contributed by atoms with Gasteiger partial charge in [0.15, 0.2) is 0 Å². The average molecular weight is 233 g/mol. The Bertz CT molecular complexity index is 429. The first-order valence-electron chi connectivity index (χ1n) is 5.96. The number of rotatable bonds is 6. The van der Waals surface area contributed by atoms with E-state index in [2.05, 4.69) is 38.3 Å². The van der Waals surface area contributed by atoms with E-state index in [-0.39, 0.29) is 0 Å². The molecule has 0 aliphatic heterocycles. The molecule has 0 saturated carbocycles. The lowest BCUT2D eigenvalue weighted by Gasteiger charge is -2.11. The molecule has 5 heteroatoms. The van der Waals surface area contributed by atoms with Gasteiger partial charge in [-0.2, -0.15) is 0 Å². The van der Waals surface area contributed by atoms with Crippen LogP contribution in [0.3, 0.4) is 0 Å². The number of imidazole rings is 2. The Morgan fingerprint density at radius 1 is 1.24 bits per heavy atom. The largest absolute Gasteiger partial charge is 0.355 e. The highest BCUT2D eigenvalue weighted by molar-refractivity contribution is 5.25. The van der Waals surface area contributed by atoms with Crippen LogP contribution in [0.4, 0.5) is 5.95 Å². The van der Waals surface area contributed by atoms with Crippen molar-refractivity contribution in [2.45, 2.75) is 26.9 Å². The lowest BCUT2D eigenvalue weighted by molar-refractivity contribution is 0.578. The quantitative estimate of drug-likeness (QED) is 0.828. The van der Waals surface area contributed by atoms with Gasteiger partial charge in [-0.15, -0.1) is 0 Å². The van der Waals surface area contributed by atoms with Crippen LogP contribution in [0.25, 0.3) is 0 Å². The van der Waals surface area contributed by atoms with Crippen LogP contribution in [0, 0.1) is 5.92 Å². The van der Waals surface area contributed by atoms with Gasteiger partial charge in [-0.3, -0.25) is 0 Å². The van der Waals surface area contributed by atoms with Gasteiger partial charge >= 0.3 is 0 Å². The van der Waals surface area contributed by atoms with Gasteiger partial charge in [-0.05, 0) is 5.92 Å². The van der Waals surface area contributed by atoms with Crippen LogP contribution in [0.5, 0.6) is 0 Å². The Morgan fingerprint density at radius 3 is 2.82 bits per heavy atom. The number of nitrogens with zero attached hydrogens (tertiary/aromatic N) is 4. The zero-order valence-corrected chi connectivity index (χ0v) is 10.4. The maximum absolute atomic E-state index is 4.32. The van der Waals surface area contributed by atoms with Crippen molar-refractivity contribution >= 4 is 5.95 Å². The average Bonchev–Trinajstić information content (AvgIpc) is 2.95. The molecule has 0 radical (unpaired) electrons. The number of nitrogens with one attached hydrogen (secondary N) is 1. The van der Waals surface area contributed by atoms with E-state index in [9.17, 15) is 0 Å². The van der Waals surface area contributed by atoms with Gasteiger partial charge in [0.25, 0.3) is 0 Å². The fourth-order valence-corrected chi connectivity index (χ4v) is 1.59. The summed E-state index contributed by atoms with van der Waals surface area (Å²) in [6, 6.07) is 0. The van der Waals surface area contributed by atoms with Crippen molar-refractivity contribution in [2.24, 2.45) is 5.92 Å². The van der Waals surface area contributed by atoms with Crippen LogP contribution < -0.4 is 5.32 Å². The molecule has 2 aromatic heterocycles. The molecular weight excluding hydrogens is 214 g/mol. The molecular formula is C12H19N5. The molecule has 0 spiro atoms. The molecule has 0 fully saturated rings. The van der Waals surface area contributed by atoms with Gasteiger partial charge in [-0.25, -0.2) is 9.97 Å². The third-order valence-electron chi connectivity index (χ3n) is 2.54. The molecule has 1 N–H and O–H groups in total. The standard InChI is InChI=1S/C12H19N5/c1-11(2)9-15-12-14-4-6-17(12)8-7-16-5-3-13-10-16/h3-6,10-11H,7-9H2,1-2H3,(H,14,15). The fraction of sp³-hybridized carbons (Fsp3) is 0.500. The van der Waals surface area contributed by atoms with Gasteiger partial charge in [0.05, 0.1) is 6.33 Å². The summed E-state index contributed by atoms with van der Waals surface area (Å²) in [7, 11) is 0. The molecule has 5 nitrogen and oxygen atoms in total. The van der Waals surface area contributed by atoms with Crippen molar-refractivity contribution in [3.05, 3.63) is 31.1 Å². The van der Waals surface area contributed by atoms with Gasteiger partial charge in [0.2, 0.25) is 5.95 Å². The predicted octanol–water partition coefficient (Wildman–Crippen LogP) is 1.85. The summed E-state index contributed by atoms with van der Waals surface area (Å²) in [6.45, 7) is 7.13. The molecule has 0 bridgehead atoms. The summed E-state index contributed by atoms with van der Waals surface area (Å²) in [5.74, 6) is 1.56. The summed E-state index contributed by atoms with van der Waals surface area (Å²) in [5.41, 5.74) is 0. The van der Waals surface area contributed by atoms with E-state index in [1.165, 1.54) is 0 Å². The molecule has 0 atom stereocenters. The van der Waals surface area contributed by atoms with Crippen LogP contribution in [-0.2, 0) is 13.1 Å². The number of hydrogen-bond donors (Lipinski definition) is 1. The van der Waals surface area contributed by atoms with Crippen LogP contribution >= 0.6 is 0 Å². The van der Waals surface area contributed by atoms with Gasteiger partial charge in [0, 0.05) is 44.4 Å². The van der Waals surface area contributed by atoms with E-state index in [0.29, 0.717) is 5.92 Å². The first kappa shape index (κ1) is 11.7. The summed E-state index contributed by atoms with van der Waals surface area (Å²) in [6.07, 6.45) is 9.43. The molecule has 0 aromatic carbocycles. The highest BCUT2D eigenvalue weighted by Crippen LogP contribution is 2.06. The SMILES string of the molecule is CC(C)CNc1nccn1CCn1ccnc1. The highest BCUT2D eigenvalue weighted by Gasteiger charge is 2.02. The number of aryl methyl sites for hydroxylation is 2. The number of anilines is 1. The van der Waals surface area contributed by atoms with E-state index in [0.717, 1.165) is 25.6 Å². The van der Waals surface area contributed by atoms with Crippen molar-refractivity contribution in [2.75, 3.05) is 11.9 Å². The molecule has 2 rings (SSSR count). The normalized spacial score (nSPS) is 11.0. The third kappa shape index (κ3) is 3.34. The molecule has 17 heavy (non-hydrogen) atoms. The minimum Gasteiger partial charge on any atom is -0.355 e. The first-order chi connectivity index (χ1) is 8.25. The van der Waals surface area contributed by atoms with Gasteiger partial charge < -0.3 is 14.5 Å². The molecule has 0 saturated heterocycles. The Kier molecular flexibility index (Phi) is 3.80. The first-order valence-corrected chi connectivity index (χ1v) is 5.96. The highest BCUT2D eigenvalue weighted by atomic mass is 15.2. The van der Waals surface area contributed by atoms with E-state index in [1.54, 1.807) is 6.20 Å². The van der Waals surface area contributed by atoms with E-state index >= 15 is 0 Å². The van der Waals surface area contributed by atoms with Crippen LogP contribution in [0.2, 0.25) is 0 Å². The van der Waals surface area contributed by atoms with Crippen molar-refractivity contribution < 1.29 is 0 Å². The topological polar surface area (TPSA) is 47.7 Å². The van der Waals surface area contributed by atoms with Crippen molar-refractivity contribution in [1.82, 2.24) is 19.1 Å². The summed E-state index contributed by atoms with van der Waals surface area (Å²) >= 11 is 0. The smallest absolute Gasteiger partial charge is 0.202 e. The Hall–Kier alpha value is -1.78. The second-order valence-electron chi connectivity index (χ2n) is 4.52. The maximum Gasteiger partial charge on any atom is 0.202 e. The summed E-state index contributed by atoms with van der Waals surface area (Å²) < 4.78 is 4.19. The van der Waals surface area contributed by atoms with E-state index in [4.69, 9.17) is 0 Å². The molecule has 2 heterocycles. The Balaban J connectivity index is 1.90. The maximum atomic E-state index is 4.32. The lowest BCUT2D eigenvalue weighted by Crippen LogP contribution is -2.14. The second-order valence-corrected chi connectivity index (χ2v) is 4.52. The van der Waals surface area contributed by atoms with Crippen molar-refractivity contribution in [3.63, 3.8) is 0 Å². The zero-order valence-electron chi connectivity index (χ0n) is 10.4. The number of hydrogen-bond acceptors (Lipinski definition) is 3. The third-order valence-corrected chi connectivity index (χ3v) is 2.54. The van der Waals surface area contributed by atoms with Crippen molar-refractivity contribution in [1.29, 1.82) is 0 Å².